The summed E-state index contributed by atoms with van der Waals surface area (Å²) in [5.41, 5.74) is 8.74. The van der Waals surface area contributed by atoms with Crippen LogP contribution in [0.25, 0.3) is 0 Å². The van der Waals surface area contributed by atoms with Gasteiger partial charge in [-0.05, 0) is 45.5 Å². The molecule has 3 N–H and O–H groups in total. The van der Waals surface area contributed by atoms with Crippen LogP contribution >= 0.6 is 12.2 Å². The standard InChI is InChI=1S/C15H26N4S/c1-6-19(7-2)9-12(5)18-15-13(14(16)20)10(3)8-11(4)17-15/h8,12H,6-7,9H2,1-5H3,(H2,16,20)(H,17,18). The van der Waals surface area contributed by atoms with E-state index in [9.17, 15) is 0 Å². The second kappa shape index (κ2) is 7.55. The zero-order chi connectivity index (χ0) is 15.3. The van der Waals surface area contributed by atoms with Gasteiger partial charge in [0.25, 0.3) is 0 Å². The maximum Gasteiger partial charge on any atom is 0.137 e. The van der Waals surface area contributed by atoms with E-state index in [0.29, 0.717) is 4.99 Å². The molecule has 0 saturated carbocycles. The molecule has 0 saturated heterocycles. The molecule has 1 unspecified atom stereocenters. The fraction of sp³-hybridized carbons (Fsp3) is 0.600. The highest BCUT2D eigenvalue weighted by molar-refractivity contribution is 7.80. The number of nitrogens with zero attached hydrogens (tertiary/aromatic N) is 2. The Morgan fingerprint density at radius 2 is 2.00 bits per heavy atom. The van der Waals surface area contributed by atoms with Crippen LogP contribution in [-0.4, -0.2) is 40.5 Å². The molecule has 0 aliphatic carbocycles. The Bertz CT molecular complexity index is 469. The van der Waals surface area contributed by atoms with Crippen LogP contribution in [0.5, 0.6) is 0 Å². The van der Waals surface area contributed by atoms with E-state index in [0.717, 1.165) is 42.3 Å². The van der Waals surface area contributed by atoms with Crippen molar-refractivity contribution in [3.05, 3.63) is 22.9 Å². The highest BCUT2D eigenvalue weighted by atomic mass is 32.1. The third-order valence-electron chi connectivity index (χ3n) is 3.40. The van der Waals surface area contributed by atoms with Crippen molar-refractivity contribution in [1.29, 1.82) is 0 Å². The second-order valence-electron chi connectivity index (χ2n) is 5.20. The highest BCUT2D eigenvalue weighted by Crippen LogP contribution is 2.19. The van der Waals surface area contributed by atoms with Crippen molar-refractivity contribution in [2.45, 2.75) is 40.7 Å². The predicted octanol–water partition coefficient (Wildman–Crippen LogP) is 2.47. The minimum atomic E-state index is 0.289. The fourth-order valence-electron chi connectivity index (χ4n) is 2.40. The van der Waals surface area contributed by atoms with Crippen LogP contribution in [0.2, 0.25) is 0 Å². The monoisotopic (exact) mass is 294 g/mol. The van der Waals surface area contributed by atoms with E-state index in [-0.39, 0.29) is 6.04 Å². The molecule has 0 radical (unpaired) electrons. The Hall–Kier alpha value is -1.20. The number of hydrogen-bond acceptors (Lipinski definition) is 4. The van der Waals surface area contributed by atoms with Gasteiger partial charge in [-0.1, -0.05) is 26.1 Å². The molecule has 0 bridgehead atoms. The summed E-state index contributed by atoms with van der Waals surface area (Å²) in [6, 6.07) is 2.30. The number of nitrogens with one attached hydrogen (secondary N) is 1. The first kappa shape index (κ1) is 16.9. The van der Waals surface area contributed by atoms with Crippen LogP contribution in [0, 0.1) is 13.8 Å². The largest absolute Gasteiger partial charge is 0.389 e. The lowest BCUT2D eigenvalue weighted by molar-refractivity contribution is 0.294. The van der Waals surface area contributed by atoms with E-state index >= 15 is 0 Å². The Labute approximate surface area is 127 Å². The molecule has 0 fully saturated rings. The third-order valence-corrected chi connectivity index (χ3v) is 3.60. The molecule has 1 rings (SSSR count). The average molecular weight is 294 g/mol. The van der Waals surface area contributed by atoms with Gasteiger partial charge in [-0.25, -0.2) is 4.98 Å². The van der Waals surface area contributed by atoms with Gasteiger partial charge in [0.1, 0.15) is 10.8 Å². The maximum atomic E-state index is 5.84. The Morgan fingerprint density at radius 3 is 2.50 bits per heavy atom. The minimum absolute atomic E-state index is 0.289. The van der Waals surface area contributed by atoms with Crippen molar-refractivity contribution in [3.8, 4) is 0 Å². The van der Waals surface area contributed by atoms with Crippen LogP contribution in [0.1, 0.15) is 37.6 Å². The average Bonchev–Trinajstić information content (AvgIpc) is 2.34. The molecule has 20 heavy (non-hydrogen) atoms. The van der Waals surface area contributed by atoms with Crippen LogP contribution in [-0.2, 0) is 0 Å². The quantitative estimate of drug-likeness (QED) is 0.757. The first-order chi connectivity index (χ1) is 9.38. The molecule has 1 atom stereocenters. The summed E-state index contributed by atoms with van der Waals surface area (Å²) in [6.45, 7) is 13.6. The molecule has 0 amide bonds. The van der Waals surface area contributed by atoms with Crippen molar-refractivity contribution in [3.63, 3.8) is 0 Å². The van der Waals surface area contributed by atoms with E-state index < -0.39 is 0 Å². The molecule has 112 valence electrons. The van der Waals surface area contributed by atoms with Gasteiger partial charge in [0.05, 0.1) is 5.56 Å². The molecule has 0 aromatic carbocycles. The summed E-state index contributed by atoms with van der Waals surface area (Å²) in [7, 11) is 0. The number of rotatable bonds is 7. The fourth-order valence-corrected chi connectivity index (χ4v) is 2.66. The van der Waals surface area contributed by atoms with Gasteiger partial charge < -0.3 is 16.0 Å². The van der Waals surface area contributed by atoms with Gasteiger partial charge in [0, 0.05) is 18.3 Å². The zero-order valence-electron chi connectivity index (χ0n) is 13.2. The molecule has 0 aliphatic rings. The number of likely N-dealkylation sites (N-methyl/N-ethyl adjacent to an activating group) is 1. The Balaban J connectivity index is 2.93. The smallest absolute Gasteiger partial charge is 0.137 e. The van der Waals surface area contributed by atoms with Gasteiger partial charge in [0.15, 0.2) is 0 Å². The predicted molar refractivity (Wildman–Crippen MR) is 90.5 cm³/mol. The summed E-state index contributed by atoms with van der Waals surface area (Å²) in [4.78, 5) is 7.33. The van der Waals surface area contributed by atoms with Crippen molar-refractivity contribution in [2.75, 3.05) is 25.0 Å². The summed E-state index contributed by atoms with van der Waals surface area (Å²) >= 11 is 5.15. The molecular weight excluding hydrogens is 268 g/mol. The highest BCUT2D eigenvalue weighted by Gasteiger charge is 2.14. The van der Waals surface area contributed by atoms with E-state index in [1.165, 1.54) is 0 Å². The van der Waals surface area contributed by atoms with Crippen LogP contribution < -0.4 is 11.1 Å². The number of aryl methyl sites for hydroxylation is 2. The minimum Gasteiger partial charge on any atom is -0.389 e. The van der Waals surface area contributed by atoms with Crippen molar-refractivity contribution < 1.29 is 0 Å². The Morgan fingerprint density at radius 1 is 1.40 bits per heavy atom. The lowest BCUT2D eigenvalue weighted by atomic mass is 10.1. The van der Waals surface area contributed by atoms with E-state index in [1.54, 1.807) is 0 Å². The topological polar surface area (TPSA) is 54.2 Å². The molecular formula is C15H26N4S. The summed E-state index contributed by atoms with van der Waals surface area (Å²) in [6.07, 6.45) is 0. The van der Waals surface area contributed by atoms with E-state index in [1.807, 2.05) is 19.9 Å². The summed E-state index contributed by atoms with van der Waals surface area (Å²) in [5.74, 6) is 0.801. The summed E-state index contributed by atoms with van der Waals surface area (Å²) < 4.78 is 0. The lowest BCUT2D eigenvalue weighted by Gasteiger charge is -2.25. The van der Waals surface area contributed by atoms with Gasteiger partial charge in [-0.2, -0.15) is 0 Å². The zero-order valence-corrected chi connectivity index (χ0v) is 14.0. The van der Waals surface area contributed by atoms with Crippen LogP contribution in [0.15, 0.2) is 6.07 Å². The van der Waals surface area contributed by atoms with Crippen molar-refractivity contribution >= 4 is 23.0 Å². The maximum absolute atomic E-state index is 5.84. The number of nitrogens with two attached hydrogens (primary N) is 1. The molecule has 0 spiro atoms. The SMILES string of the molecule is CCN(CC)CC(C)Nc1nc(C)cc(C)c1C(N)=S. The number of hydrogen-bond donors (Lipinski definition) is 2. The van der Waals surface area contributed by atoms with Crippen molar-refractivity contribution in [2.24, 2.45) is 5.73 Å². The van der Waals surface area contributed by atoms with Gasteiger partial charge in [-0.3, -0.25) is 0 Å². The third kappa shape index (κ3) is 4.42. The first-order valence-corrected chi connectivity index (χ1v) is 7.56. The number of pyridine rings is 1. The lowest BCUT2D eigenvalue weighted by Crippen LogP contribution is -2.35. The van der Waals surface area contributed by atoms with Crippen LogP contribution in [0.4, 0.5) is 5.82 Å². The second-order valence-corrected chi connectivity index (χ2v) is 5.64. The molecule has 5 heteroatoms. The molecule has 1 aromatic rings. The van der Waals surface area contributed by atoms with E-state index in [4.69, 9.17) is 18.0 Å². The molecule has 1 aromatic heterocycles. The van der Waals surface area contributed by atoms with Gasteiger partial charge >= 0.3 is 0 Å². The molecule has 0 aliphatic heterocycles. The van der Waals surface area contributed by atoms with Crippen molar-refractivity contribution in [1.82, 2.24) is 9.88 Å². The normalized spacial score (nSPS) is 12.5. The number of thiocarbonyl (C=S) groups is 1. The van der Waals surface area contributed by atoms with E-state index in [2.05, 4.69) is 36.0 Å². The number of anilines is 1. The molecule has 4 nitrogen and oxygen atoms in total. The van der Waals surface area contributed by atoms with Gasteiger partial charge in [-0.15, -0.1) is 0 Å². The van der Waals surface area contributed by atoms with Crippen LogP contribution in [0.3, 0.4) is 0 Å². The van der Waals surface area contributed by atoms with Gasteiger partial charge in [0.2, 0.25) is 0 Å². The Kier molecular flexibility index (Phi) is 6.36. The summed E-state index contributed by atoms with van der Waals surface area (Å²) in [5, 5.41) is 3.45. The molecule has 1 heterocycles. The number of aromatic nitrogens is 1. The first-order valence-electron chi connectivity index (χ1n) is 7.15.